The van der Waals surface area contributed by atoms with Crippen molar-refractivity contribution in [3.05, 3.63) is 34.9 Å². The van der Waals surface area contributed by atoms with Gasteiger partial charge < -0.3 is 10.8 Å². The van der Waals surface area contributed by atoms with E-state index < -0.39 is 6.10 Å². The van der Waals surface area contributed by atoms with Gasteiger partial charge in [0.05, 0.1) is 12.1 Å². The third-order valence-electron chi connectivity index (χ3n) is 3.33. The topological polar surface area (TPSA) is 46.2 Å². The summed E-state index contributed by atoms with van der Waals surface area (Å²) < 4.78 is 0. The molecule has 0 saturated heterocycles. The molecule has 2 atom stereocenters. The lowest BCUT2D eigenvalue weighted by Crippen LogP contribution is -2.28. The van der Waals surface area contributed by atoms with Gasteiger partial charge in [0.1, 0.15) is 0 Å². The highest BCUT2D eigenvalue weighted by Crippen LogP contribution is 2.25. The Balaban J connectivity index is 0.00000289. The molecular formula is C15H26ClNO. The Morgan fingerprint density at radius 1 is 1.11 bits per heavy atom. The minimum Gasteiger partial charge on any atom is -0.391 e. The minimum atomic E-state index is -0.447. The van der Waals surface area contributed by atoms with E-state index in [1.165, 1.54) is 11.1 Å². The molecule has 0 saturated carbocycles. The highest BCUT2D eigenvalue weighted by Gasteiger charge is 2.20. The zero-order valence-electron chi connectivity index (χ0n) is 11.8. The second-order valence-corrected chi connectivity index (χ2v) is 5.37. The number of aryl methyl sites for hydroxylation is 2. The molecule has 1 rings (SSSR count). The molecule has 0 aliphatic rings. The maximum absolute atomic E-state index is 10.1. The lowest BCUT2D eigenvalue weighted by molar-refractivity contribution is 0.128. The molecule has 104 valence electrons. The van der Waals surface area contributed by atoms with Gasteiger partial charge in [0.15, 0.2) is 0 Å². The van der Waals surface area contributed by atoms with Crippen LogP contribution >= 0.6 is 12.4 Å². The quantitative estimate of drug-likeness (QED) is 0.861. The molecule has 0 aliphatic carbocycles. The first kappa shape index (κ1) is 17.4. The number of hydrogen-bond acceptors (Lipinski definition) is 2. The van der Waals surface area contributed by atoms with Crippen molar-refractivity contribution in [3.63, 3.8) is 0 Å². The predicted octanol–water partition coefficient (Wildman–Crippen LogP) is 3.52. The van der Waals surface area contributed by atoms with Crippen molar-refractivity contribution in [2.75, 3.05) is 0 Å². The first-order valence-electron chi connectivity index (χ1n) is 6.43. The van der Waals surface area contributed by atoms with Crippen molar-refractivity contribution in [1.82, 2.24) is 0 Å². The fourth-order valence-corrected chi connectivity index (χ4v) is 2.23. The van der Waals surface area contributed by atoms with Crippen molar-refractivity contribution in [1.29, 1.82) is 0 Å². The third-order valence-corrected chi connectivity index (χ3v) is 3.33. The SMILES string of the molecule is Cc1cccc(C)c1[C@H](N)[C@H](O)CCC(C)C.Cl. The summed E-state index contributed by atoms with van der Waals surface area (Å²) in [7, 11) is 0. The van der Waals surface area contributed by atoms with E-state index >= 15 is 0 Å². The summed E-state index contributed by atoms with van der Waals surface area (Å²) >= 11 is 0. The molecule has 0 aliphatic heterocycles. The molecule has 0 amide bonds. The third kappa shape index (κ3) is 4.60. The van der Waals surface area contributed by atoms with E-state index in [-0.39, 0.29) is 18.4 Å². The Hall–Kier alpha value is -0.570. The van der Waals surface area contributed by atoms with Gasteiger partial charge in [0.2, 0.25) is 0 Å². The van der Waals surface area contributed by atoms with E-state index in [2.05, 4.69) is 39.8 Å². The first-order chi connectivity index (χ1) is 7.93. The molecule has 0 bridgehead atoms. The number of benzene rings is 1. The summed E-state index contributed by atoms with van der Waals surface area (Å²) in [5.74, 6) is 0.606. The number of halogens is 1. The average molecular weight is 272 g/mol. The summed E-state index contributed by atoms with van der Waals surface area (Å²) in [6.45, 7) is 8.43. The second-order valence-electron chi connectivity index (χ2n) is 5.37. The molecule has 0 heterocycles. The molecule has 0 unspecified atom stereocenters. The van der Waals surface area contributed by atoms with Crippen LogP contribution in [-0.2, 0) is 0 Å². The van der Waals surface area contributed by atoms with Crippen LogP contribution in [0, 0.1) is 19.8 Å². The second kappa shape index (κ2) is 7.78. The highest BCUT2D eigenvalue weighted by atomic mass is 35.5. The van der Waals surface area contributed by atoms with Gasteiger partial charge in [-0.05, 0) is 49.3 Å². The summed E-state index contributed by atoms with van der Waals surface area (Å²) in [5.41, 5.74) is 9.61. The predicted molar refractivity (Wildman–Crippen MR) is 80.2 cm³/mol. The van der Waals surface area contributed by atoms with Crippen LogP contribution in [0.25, 0.3) is 0 Å². The fourth-order valence-electron chi connectivity index (χ4n) is 2.23. The van der Waals surface area contributed by atoms with Gasteiger partial charge in [-0.1, -0.05) is 32.0 Å². The van der Waals surface area contributed by atoms with Crippen LogP contribution in [0.5, 0.6) is 0 Å². The maximum Gasteiger partial charge on any atom is 0.0733 e. The van der Waals surface area contributed by atoms with Crippen molar-refractivity contribution in [3.8, 4) is 0 Å². The summed E-state index contributed by atoms with van der Waals surface area (Å²) in [6, 6.07) is 5.87. The van der Waals surface area contributed by atoms with Gasteiger partial charge in [-0.3, -0.25) is 0 Å². The van der Waals surface area contributed by atoms with Gasteiger partial charge in [-0.2, -0.15) is 0 Å². The Bertz CT molecular complexity index is 345. The van der Waals surface area contributed by atoms with Crippen molar-refractivity contribution < 1.29 is 5.11 Å². The van der Waals surface area contributed by atoms with Crippen LogP contribution in [0.4, 0.5) is 0 Å². The monoisotopic (exact) mass is 271 g/mol. The van der Waals surface area contributed by atoms with E-state index in [0.29, 0.717) is 5.92 Å². The number of nitrogens with two attached hydrogens (primary N) is 1. The maximum atomic E-state index is 10.1. The number of aliphatic hydroxyl groups excluding tert-OH is 1. The molecule has 0 fully saturated rings. The molecule has 0 spiro atoms. The molecule has 18 heavy (non-hydrogen) atoms. The Kier molecular flexibility index (Phi) is 7.53. The van der Waals surface area contributed by atoms with E-state index in [4.69, 9.17) is 5.73 Å². The number of rotatable bonds is 5. The van der Waals surface area contributed by atoms with E-state index in [1.54, 1.807) is 0 Å². The molecule has 0 aromatic heterocycles. The Labute approximate surface area is 117 Å². The largest absolute Gasteiger partial charge is 0.391 e. The van der Waals surface area contributed by atoms with Crippen LogP contribution in [-0.4, -0.2) is 11.2 Å². The molecule has 0 radical (unpaired) electrons. The molecule has 2 nitrogen and oxygen atoms in total. The van der Waals surface area contributed by atoms with Crippen LogP contribution in [0.2, 0.25) is 0 Å². The van der Waals surface area contributed by atoms with Gasteiger partial charge in [0, 0.05) is 0 Å². The molecule has 3 heteroatoms. The summed E-state index contributed by atoms with van der Waals surface area (Å²) in [5, 5.41) is 10.1. The number of aliphatic hydroxyl groups is 1. The van der Waals surface area contributed by atoms with Crippen LogP contribution < -0.4 is 5.73 Å². The van der Waals surface area contributed by atoms with Crippen molar-refractivity contribution >= 4 is 12.4 Å². The smallest absolute Gasteiger partial charge is 0.0733 e. The van der Waals surface area contributed by atoms with E-state index in [1.807, 2.05) is 6.07 Å². The van der Waals surface area contributed by atoms with Crippen LogP contribution in [0.3, 0.4) is 0 Å². The first-order valence-corrected chi connectivity index (χ1v) is 6.43. The van der Waals surface area contributed by atoms with Crippen molar-refractivity contribution in [2.45, 2.75) is 52.7 Å². The average Bonchev–Trinajstić information content (AvgIpc) is 2.25. The van der Waals surface area contributed by atoms with Crippen molar-refractivity contribution in [2.24, 2.45) is 11.7 Å². The highest BCUT2D eigenvalue weighted by molar-refractivity contribution is 5.85. The van der Waals surface area contributed by atoms with Gasteiger partial charge in [-0.25, -0.2) is 0 Å². The van der Waals surface area contributed by atoms with Gasteiger partial charge in [-0.15, -0.1) is 12.4 Å². The molecule has 1 aromatic carbocycles. The van der Waals surface area contributed by atoms with Crippen LogP contribution in [0.15, 0.2) is 18.2 Å². The van der Waals surface area contributed by atoms with E-state index in [0.717, 1.165) is 18.4 Å². The lowest BCUT2D eigenvalue weighted by Gasteiger charge is -2.23. The van der Waals surface area contributed by atoms with Gasteiger partial charge in [0.25, 0.3) is 0 Å². The van der Waals surface area contributed by atoms with Crippen LogP contribution in [0.1, 0.15) is 49.4 Å². The normalized spacial score (nSPS) is 14.2. The zero-order chi connectivity index (χ0) is 13.0. The molecular weight excluding hydrogens is 246 g/mol. The number of hydrogen-bond donors (Lipinski definition) is 2. The summed E-state index contributed by atoms with van der Waals surface area (Å²) in [6.07, 6.45) is 1.34. The summed E-state index contributed by atoms with van der Waals surface area (Å²) in [4.78, 5) is 0. The Morgan fingerprint density at radius 2 is 1.61 bits per heavy atom. The lowest BCUT2D eigenvalue weighted by atomic mass is 9.90. The fraction of sp³-hybridized carbons (Fsp3) is 0.600. The Morgan fingerprint density at radius 3 is 2.06 bits per heavy atom. The van der Waals surface area contributed by atoms with E-state index in [9.17, 15) is 5.11 Å². The molecule has 1 aromatic rings. The molecule has 3 N–H and O–H groups in total. The minimum absolute atomic E-state index is 0. The zero-order valence-corrected chi connectivity index (χ0v) is 12.6. The van der Waals surface area contributed by atoms with Gasteiger partial charge >= 0.3 is 0 Å². The standard InChI is InChI=1S/C15H25NO.ClH/c1-10(2)8-9-13(17)15(16)14-11(3)6-5-7-12(14)4;/h5-7,10,13,15,17H,8-9,16H2,1-4H3;1H/t13-,15-;/m1./s1.